The number of ether oxygens (including phenoxy) is 2. The van der Waals surface area contributed by atoms with Gasteiger partial charge in [-0.05, 0) is 45.7 Å². The zero-order valence-electron chi connectivity index (χ0n) is 13.3. The van der Waals surface area contributed by atoms with Gasteiger partial charge in [0.05, 0.1) is 19.1 Å². The molecule has 1 aliphatic rings. The van der Waals surface area contributed by atoms with Crippen LogP contribution in [0.2, 0.25) is 0 Å². The summed E-state index contributed by atoms with van der Waals surface area (Å²) in [6.45, 7) is 5.61. The Morgan fingerprint density at radius 3 is 2.68 bits per heavy atom. The Labute approximate surface area is 129 Å². The normalized spacial score (nSPS) is 14.9. The van der Waals surface area contributed by atoms with Crippen molar-refractivity contribution >= 4 is 22.8 Å². The van der Waals surface area contributed by atoms with E-state index < -0.39 is 5.60 Å². The molecule has 0 saturated heterocycles. The summed E-state index contributed by atoms with van der Waals surface area (Å²) in [6, 6.07) is 3.89. The van der Waals surface area contributed by atoms with Gasteiger partial charge in [0.1, 0.15) is 22.4 Å². The molecule has 0 atom stereocenters. The minimum Gasteiger partial charge on any atom is -0.494 e. The highest BCUT2D eigenvalue weighted by Crippen LogP contribution is 2.38. The Bertz CT molecular complexity index is 698. The summed E-state index contributed by atoms with van der Waals surface area (Å²) in [5, 5.41) is 0. The summed E-state index contributed by atoms with van der Waals surface area (Å²) in [6.07, 6.45) is 3.25. The van der Waals surface area contributed by atoms with Gasteiger partial charge in [0.15, 0.2) is 0 Å². The quantitative estimate of drug-likeness (QED) is 0.942. The topological polar surface area (TPSA) is 67.4 Å². The van der Waals surface area contributed by atoms with E-state index in [2.05, 4.69) is 9.97 Å². The third kappa shape index (κ3) is 2.73. The van der Waals surface area contributed by atoms with Crippen LogP contribution in [0, 0.1) is 0 Å². The summed E-state index contributed by atoms with van der Waals surface area (Å²) in [5.74, 6) is 0.705. The molecule has 22 heavy (non-hydrogen) atoms. The molecule has 1 aromatic carbocycles. The largest absolute Gasteiger partial charge is 0.494 e. The predicted octanol–water partition coefficient (Wildman–Crippen LogP) is 3.48. The number of rotatable bonds is 3. The van der Waals surface area contributed by atoms with Crippen molar-refractivity contribution in [1.82, 2.24) is 9.97 Å². The first-order valence-corrected chi connectivity index (χ1v) is 7.43. The van der Waals surface area contributed by atoms with Gasteiger partial charge >= 0.3 is 6.09 Å². The molecule has 1 fully saturated rings. The van der Waals surface area contributed by atoms with Gasteiger partial charge in [0.2, 0.25) is 0 Å². The fourth-order valence-corrected chi connectivity index (χ4v) is 2.45. The van der Waals surface area contributed by atoms with E-state index in [4.69, 9.17) is 9.47 Å². The number of aromatic nitrogens is 2. The molecule has 0 bridgehead atoms. The molecule has 3 rings (SSSR count). The van der Waals surface area contributed by atoms with Gasteiger partial charge in [-0.1, -0.05) is 0 Å². The first-order chi connectivity index (χ1) is 10.4. The number of H-pyrrole nitrogens is 1. The van der Waals surface area contributed by atoms with Crippen LogP contribution in [0.3, 0.4) is 0 Å². The lowest BCUT2D eigenvalue weighted by atomic mass is 10.2. The Balaban J connectivity index is 2.03. The van der Waals surface area contributed by atoms with Crippen LogP contribution in [0.1, 0.15) is 33.6 Å². The van der Waals surface area contributed by atoms with Gasteiger partial charge in [-0.15, -0.1) is 0 Å². The van der Waals surface area contributed by atoms with E-state index in [1.165, 1.54) is 0 Å². The minimum absolute atomic E-state index is 0.183. The molecular weight excluding hydrogens is 282 g/mol. The van der Waals surface area contributed by atoms with Gasteiger partial charge in [-0.2, -0.15) is 0 Å². The number of aromatic amines is 1. The molecule has 1 heterocycles. The summed E-state index contributed by atoms with van der Waals surface area (Å²) >= 11 is 0. The van der Waals surface area contributed by atoms with Crippen molar-refractivity contribution in [3.63, 3.8) is 0 Å². The lowest BCUT2D eigenvalue weighted by Crippen LogP contribution is -2.38. The van der Waals surface area contributed by atoms with Crippen molar-refractivity contribution in [2.24, 2.45) is 0 Å². The van der Waals surface area contributed by atoms with E-state index in [1.807, 2.05) is 32.9 Å². The molecule has 0 spiro atoms. The summed E-state index contributed by atoms with van der Waals surface area (Å²) in [5.41, 5.74) is 1.74. The molecule has 2 aromatic rings. The second kappa shape index (κ2) is 5.19. The summed E-state index contributed by atoms with van der Waals surface area (Å²) in [7, 11) is 1.61. The van der Waals surface area contributed by atoms with Crippen molar-refractivity contribution in [2.45, 2.75) is 45.3 Å². The Morgan fingerprint density at radius 2 is 2.09 bits per heavy atom. The highest BCUT2D eigenvalue weighted by atomic mass is 16.6. The van der Waals surface area contributed by atoms with Crippen LogP contribution in [0.25, 0.3) is 11.0 Å². The summed E-state index contributed by atoms with van der Waals surface area (Å²) < 4.78 is 10.9. The van der Waals surface area contributed by atoms with E-state index in [0.717, 1.165) is 29.6 Å². The van der Waals surface area contributed by atoms with E-state index in [-0.39, 0.29) is 12.1 Å². The van der Waals surface area contributed by atoms with E-state index in [0.29, 0.717) is 5.75 Å². The SMILES string of the molecule is COc1ccc(N(C(=O)OC(C)(C)C)C2CC2)c2nc[nH]c12. The number of benzene rings is 1. The average Bonchev–Trinajstić information content (AvgIpc) is 3.12. The Morgan fingerprint density at radius 1 is 1.36 bits per heavy atom. The van der Waals surface area contributed by atoms with Crippen LogP contribution in [0.15, 0.2) is 18.5 Å². The molecule has 1 aliphatic carbocycles. The fraction of sp³-hybridized carbons (Fsp3) is 0.500. The first kappa shape index (κ1) is 14.7. The smallest absolute Gasteiger partial charge is 0.415 e. The van der Waals surface area contributed by atoms with E-state index in [9.17, 15) is 4.79 Å². The number of methoxy groups -OCH3 is 1. The maximum absolute atomic E-state index is 12.6. The molecule has 1 saturated carbocycles. The molecule has 118 valence electrons. The van der Waals surface area contributed by atoms with Gasteiger partial charge in [-0.25, -0.2) is 9.78 Å². The monoisotopic (exact) mass is 303 g/mol. The number of hydrogen-bond acceptors (Lipinski definition) is 4. The van der Waals surface area contributed by atoms with Crippen LogP contribution < -0.4 is 9.64 Å². The van der Waals surface area contributed by atoms with Crippen LogP contribution >= 0.6 is 0 Å². The summed E-state index contributed by atoms with van der Waals surface area (Å²) in [4.78, 5) is 21.7. The van der Waals surface area contributed by atoms with Gasteiger partial charge in [0.25, 0.3) is 0 Å². The molecule has 1 N–H and O–H groups in total. The number of nitrogens with one attached hydrogen (secondary N) is 1. The molecule has 6 heteroatoms. The van der Waals surface area contributed by atoms with Crippen molar-refractivity contribution in [1.29, 1.82) is 0 Å². The lowest BCUT2D eigenvalue weighted by Gasteiger charge is -2.27. The molecular formula is C16H21N3O3. The van der Waals surface area contributed by atoms with E-state index >= 15 is 0 Å². The van der Waals surface area contributed by atoms with Crippen LogP contribution in [0.4, 0.5) is 10.5 Å². The van der Waals surface area contributed by atoms with E-state index in [1.54, 1.807) is 18.3 Å². The van der Waals surface area contributed by atoms with Crippen LogP contribution in [-0.4, -0.2) is 34.8 Å². The number of hydrogen-bond donors (Lipinski definition) is 1. The van der Waals surface area contributed by atoms with Crippen molar-refractivity contribution < 1.29 is 14.3 Å². The third-order valence-corrected chi connectivity index (χ3v) is 3.50. The third-order valence-electron chi connectivity index (χ3n) is 3.50. The molecule has 0 aliphatic heterocycles. The van der Waals surface area contributed by atoms with Gasteiger partial charge in [0, 0.05) is 6.04 Å². The highest BCUT2D eigenvalue weighted by molar-refractivity contribution is 6.01. The maximum atomic E-state index is 12.6. The second-order valence-electron chi connectivity index (χ2n) is 6.49. The molecule has 1 aromatic heterocycles. The maximum Gasteiger partial charge on any atom is 0.415 e. The number of carbonyl (C=O) groups is 1. The second-order valence-corrected chi connectivity index (χ2v) is 6.49. The number of fused-ring (bicyclic) bond motifs is 1. The average molecular weight is 303 g/mol. The standard InChI is InChI=1S/C16H21N3O3/c1-16(2,3)22-15(20)19(10-5-6-10)11-7-8-12(21-4)14-13(11)17-9-18-14/h7-10H,5-6H2,1-4H3,(H,17,18). The Kier molecular flexibility index (Phi) is 3.47. The van der Waals surface area contributed by atoms with Crippen molar-refractivity contribution in [3.05, 3.63) is 18.5 Å². The Hall–Kier alpha value is -2.24. The van der Waals surface area contributed by atoms with Crippen molar-refractivity contribution in [3.8, 4) is 5.75 Å². The zero-order valence-corrected chi connectivity index (χ0v) is 13.3. The minimum atomic E-state index is -0.526. The van der Waals surface area contributed by atoms with Crippen molar-refractivity contribution in [2.75, 3.05) is 12.0 Å². The number of imidazole rings is 1. The zero-order chi connectivity index (χ0) is 15.9. The number of amides is 1. The molecule has 0 unspecified atom stereocenters. The number of nitrogens with zero attached hydrogens (tertiary/aromatic N) is 2. The number of anilines is 1. The first-order valence-electron chi connectivity index (χ1n) is 7.43. The highest BCUT2D eigenvalue weighted by Gasteiger charge is 2.37. The lowest BCUT2D eigenvalue weighted by molar-refractivity contribution is 0.0578. The van der Waals surface area contributed by atoms with Gasteiger partial charge < -0.3 is 14.5 Å². The fourth-order valence-electron chi connectivity index (χ4n) is 2.45. The number of carbonyl (C=O) groups excluding carboxylic acids is 1. The molecule has 0 radical (unpaired) electrons. The molecule has 1 amide bonds. The molecule has 6 nitrogen and oxygen atoms in total. The van der Waals surface area contributed by atoms with Crippen LogP contribution in [-0.2, 0) is 4.74 Å². The van der Waals surface area contributed by atoms with Crippen LogP contribution in [0.5, 0.6) is 5.75 Å². The van der Waals surface area contributed by atoms with Gasteiger partial charge in [-0.3, -0.25) is 4.90 Å². The predicted molar refractivity (Wildman–Crippen MR) is 84.4 cm³/mol.